The molecular formula is C14H7BrN2OS. The highest BCUT2D eigenvalue weighted by atomic mass is 79.9. The molecule has 0 aliphatic heterocycles. The molecule has 0 amide bonds. The van der Waals surface area contributed by atoms with E-state index in [1.54, 1.807) is 0 Å². The second-order valence-corrected chi connectivity index (χ2v) is 6.09. The van der Waals surface area contributed by atoms with Crippen molar-refractivity contribution in [2.45, 2.75) is 0 Å². The Hall–Kier alpha value is -1.72. The van der Waals surface area contributed by atoms with Gasteiger partial charge >= 0.3 is 0 Å². The van der Waals surface area contributed by atoms with Gasteiger partial charge < -0.3 is 5.73 Å². The number of anilines is 1. The smallest absolute Gasteiger partial charge is 0.196 e. The van der Waals surface area contributed by atoms with Crippen molar-refractivity contribution in [3.63, 3.8) is 0 Å². The lowest BCUT2D eigenvalue weighted by molar-refractivity contribution is 0.104. The van der Waals surface area contributed by atoms with E-state index < -0.39 is 0 Å². The molecule has 92 valence electrons. The lowest BCUT2D eigenvalue weighted by atomic mass is 9.87. The summed E-state index contributed by atoms with van der Waals surface area (Å²) in [6, 6.07) is 9.47. The van der Waals surface area contributed by atoms with Crippen LogP contribution >= 0.6 is 27.5 Å². The number of nitrogens with zero attached hydrogens (tertiary/aromatic N) is 1. The van der Waals surface area contributed by atoms with Crippen molar-refractivity contribution < 1.29 is 4.79 Å². The van der Waals surface area contributed by atoms with E-state index in [9.17, 15) is 4.79 Å². The Balaban J connectivity index is 2.28. The molecule has 0 atom stereocenters. The normalized spacial score (nSPS) is 12.8. The summed E-state index contributed by atoms with van der Waals surface area (Å²) in [6.45, 7) is 0. The maximum Gasteiger partial charge on any atom is 0.196 e. The second-order valence-electron chi connectivity index (χ2n) is 4.43. The highest BCUT2D eigenvalue weighted by Crippen LogP contribution is 2.44. The Morgan fingerprint density at radius 2 is 1.95 bits per heavy atom. The van der Waals surface area contributed by atoms with E-state index in [1.807, 2.05) is 30.3 Å². The topological polar surface area (TPSA) is 56.0 Å². The summed E-state index contributed by atoms with van der Waals surface area (Å²) >= 11 is 4.80. The predicted octanol–water partition coefficient (Wildman–Crippen LogP) is 3.85. The van der Waals surface area contributed by atoms with Crippen molar-refractivity contribution in [3.8, 4) is 11.3 Å². The van der Waals surface area contributed by atoms with Crippen LogP contribution in [0.15, 0.2) is 34.8 Å². The predicted molar refractivity (Wildman–Crippen MR) is 80.6 cm³/mol. The lowest BCUT2D eigenvalue weighted by Crippen LogP contribution is -2.12. The molecule has 1 aliphatic rings. The van der Waals surface area contributed by atoms with E-state index in [0.29, 0.717) is 16.8 Å². The van der Waals surface area contributed by atoms with Crippen molar-refractivity contribution in [2.75, 3.05) is 5.73 Å². The van der Waals surface area contributed by atoms with Crippen molar-refractivity contribution >= 4 is 49.0 Å². The number of carbonyl (C=O) groups excluding carboxylic acids is 1. The zero-order valence-electron chi connectivity index (χ0n) is 9.61. The third-order valence-corrected chi connectivity index (χ3v) is 4.86. The average molecular weight is 331 g/mol. The number of nitrogen functional groups attached to an aromatic ring is 1. The first-order chi connectivity index (χ1) is 9.18. The molecule has 1 aromatic heterocycles. The molecule has 4 rings (SSSR count). The third-order valence-electron chi connectivity index (χ3n) is 3.41. The molecule has 3 aromatic rings. The van der Waals surface area contributed by atoms with Gasteiger partial charge in [-0.3, -0.25) is 4.79 Å². The van der Waals surface area contributed by atoms with E-state index in [4.69, 9.17) is 5.73 Å². The van der Waals surface area contributed by atoms with Crippen LogP contribution in [-0.4, -0.2) is 10.2 Å². The van der Waals surface area contributed by atoms with E-state index in [0.717, 1.165) is 25.8 Å². The molecule has 0 radical (unpaired) electrons. The summed E-state index contributed by atoms with van der Waals surface area (Å²) in [5.74, 6) is -0.0212. The summed E-state index contributed by atoms with van der Waals surface area (Å²) < 4.78 is 6.23. The number of rotatable bonds is 0. The van der Waals surface area contributed by atoms with Gasteiger partial charge in [-0.25, -0.2) is 0 Å². The number of ketones is 1. The fraction of sp³-hybridized carbons (Fsp3) is 0. The minimum Gasteiger partial charge on any atom is -0.397 e. The van der Waals surface area contributed by atoms with Gasteiger partial charge in [-0.15, -0.1) is 0 Å². The first-order valence-electron chi connectivity index (χ1n) is 5.70. The van der Waals surface area contributed by atoms with Gasteiger partial charge in [-0.05, 0) is 33.5 Å². The van der Waals surface area contributed by atoms with Crippen LogP contribution in [0.25, 0.3) is 21.3 Å². The molecule has 0 saturated carbocycles. The number of halogens is 1. The van der Waals surface area contributed by atoms with E-state index in [2.05, 4.69) is 20.3 Å². The summed E-state index contributed by atoms with van der Waals surface area (Å²) in [5, 5.41) is 0.884. The lowest BCUT2D eigenvalue weighted by Gasteiger charge is -2.17. The Morgan fingerprint density at radius 1 is 1.21 bits per heavy atom. The minimum absolute atomic E-state index is 0.0212. The van der Waals surface area contributed by atoms with Gasteiger partial charge in [-0.1, -0.05) is 24.3 Å². The van der Waals surface area contributed by atoms with Crippen LogP contribution < -0.4 is 5.73 Å². The van der Waals surface area contributed by atoms with E-state index in [-0.39, 0.29) is 5.78 Å². The Kier molecular flexibility index (Phi) is 2.14. The van der Waals surface area contributed by atoms with Gasteiger partial charge in [0.15, 0.2) is 5.78 Å². The molecule has 0 unspecified atom stereocenters. The van der Waals surface area contributed by atoms with Gasteiger partial charge in [-0.2, -0.15) is 4.37 Å². The van der Waals surface area contributed by atoms with E-state index in [1.165, 1.54) is 11.5 Å². The summed E-state index contributed by atoms with van der Waals surface area (Å²) in [6.07, 6.45) is 0. The number of fused-ring (bicyclic) bond motifs is 2. The quantitative estimate of drug-likeness (QED) is 0.498. The molecule has 2 aromatic carbocycles. The van der Waals surface area contributed by atoms with Crippen LogP contribution in [0, 0.1) is 0 Å². The van der Waals surface area contributed by atoms with Crippen LogP contribution in [0.1, 0.15) is 15.9 Å². The van der Waals surface area contributed by atoms with Crippen molar-refractivity contribution in [3.05, 3.63) is 45.9 Å². The Bertz CT molecular complexity index is 869. The number of carbonyl (C=O) groups is 1. The molecule has 3 nitrogen and oxygen atoms in total. The molecule has 0 bridgehead atoms. The fourth-order valence-electron chi connectivity index (χ4n) is 2.53. The highest BCUT2D eigenvalue weighted by Gasteiger charge is 2.30. The van der Waals surface area contributed by atoms with Crippen LogP contribution in [0.2, 0.25) is 0 Å². The standard InChI is InChI=1S/C14H7BrN2OS/c15-8-5-9-10-11(12(8)16)14(18)7-4-2-1-3-6(7)13(10)17-19-9/h1-5H,16H2. The molecule has 1 aliphatic carbocycles. The van der Waals surface area contributed by atoms with E-state index >= 15 is 0 Å². The highest BCUT2D eigenvalue weighted by molar-refractivity contribution is 9.10. The van der Waals surface area contributed by atoms with Gasteiger partial charge in [0.1, 0.15) is 0 Å². The largest absolute Gasteiger partial charge is 0.397 e. The Labute approximate surface area is 121 Å². The summed E-state index contributed by atoms with van der Waals surface area (Å²) in [4.78, 5) is 12.6. The van der Waals surface area contributed by atoms with Crippen molar-refractivity contribution in [1.82, 2.24) is 4.37 Å². The number of aromatic nitrogens is 1. The third kappa shape index (κ3) is 1.31. The molecule has 0 spiro atoms. The minimum atomic E-state index is -0.0212. The number of hydrogen-bond acceptors (Lipinski definition) is 4. The van der Waals surface area contributed by atoms with Gasteiger partial charge in [0, 0.05) is 21.0 Å². The van der Waals surface area contributed by atoms with Crippen molar-refractivity contribution in [2.24, 2.45) is 0 Å². The SMILES string of the molecule is Nc1c(Br)cc2snc3c2c1C(=O)c1ccccc1-3. The molecular weight excluding hydrogens is 324 g/mol. The number of nitrogens with two attached hydrogens (primary N) is 1. The maximum absolute atomic E-state index is 12.6. The van der Waals surface area contributed by atoms with Crippen LogP contribution in [-0.2, 0) is 0 Å². The monoisotopic (exact) mass is 330 g/mol. The fourth-order valence-corrected chi connectivity index (χ4v) is 3.95. The second kappa shape index (κ2) is 3.65. The van der Waals surface area contributed by atoms with Crippen LogP contribution in [0.3, 0.4) is 0 Å². The van der Waals surface area contributed by atoms with Gasteiger partial charge in [0.05, 0.1) is 21.6 Å². The molecule has 1 heterocycles. The van der Waals surface area contributed by atoms with Gasteiger partial charge in [0.25, 0.3) is 0 Å². The zero-order valence-corrected chi connectivity index (χ0v) is 12.0. The first-order valence-corrected chi connectivity index (χ1v) is 7.26. The maximum atomic E-state index is 12.6. The molecule has 0 saturated heterocycles. The Morgan fingerprint density at radius 3 is 2.74 bits per heavy atom. The first kappa shape index (κ1) is 11.1. The van der Waals surface area contributed by atoms with Gasteiger partial charge in [0.2, 0.25) is 0 Å². The molecule has 2 N–H and O–H groups in total. The molecule has 19 heavy (non-hydrogen) atoms. The molecule has 5 heteroatoms. The molecule has 0 fully saturated rings. The van der Waals surface area contributed by atoms with Crippen LogP contribution in [0.4, 0.5) is 5.69 Å². The van der Waals surface area contributed by atoms with Crippen molar-refractivity contribution in [1.29, 1.82) is 0 Å². The summed E-state index contributed by atoms with van der Waals surface area (Å²) in [7, 11) is 0. The number of benzene rings is 2. The zero-order chi connectivity index (χ0) is 13.1. The average Bonchev–Trinajstić information content (AvgIpc) is 2.83. The number of hydrogen-bond donors (Lipinski definition) is 1. The summed E-state index contributed by atoms with van der Waals surface area (Å²) in [5.41, 5.74) is 9.58. The van der Waals surface area contributed by atoms with Crippen LogP contribution in [0.5, 0.6) is 0 Å².